The number of aliphatic hydroxyl groups excluding tert-OH is 1. The van der Waals surface area contributed by atoms with E-state index in [0.29, 0.717) is 24.1 Å². The van der Waals surface area contributed by atoms with E-state index in [2.05, 4.69) is 11.9 Å². The number of carbonyl (C=O) groups is 1. The van der Waals surface area contributed by atoms with Gasteiger partial charge in [0.2, 0.25) is 0 Å². The third kappa shape index (κ3) is 7.75. The van der Waals surface area contributed by atoms with Crippen molar-refractivity contribution < 1.29 is 19.5 Å². The largest absolute Gasteiger partial charge is 0.544 e. The van der Waals surface area contributed by atoms with Crippen LogP contribution in [0.2, 0.25) is 0 Å². The third-order valence-corrected chi connectivity index (χ3v) is 5.08. The Morgan fingerprint density at radius 2 is 1.67 bits per heavy atom. The van der Waals surface area contributed by atoms with Crippen LogP contribution in [0.15, 0.2) is 4.99 Å². The Morgan fingerprint density at radius 3 is 2.21 bits per heavy atom. The van der Waals surface area contributed by atoms with E-state index < -0.39 is 5.97 Å². The summed E-state index contributed by atoms with van der Waals surface area (Å²) in [5.74, 6) is -0.103. The molecule has 1 rings (SSSR count). The molecule has 0 aliphatic carbocycles. The van der Waals surface area contributed by atoms with Gasteiger partial charge in [0, 0.05) is 6.42 Å². The fourth-order valence-electron chi connectivity index (χ4n) is 3.67. The van der Waals surface area contributed by atoms with Crippen molar-refractivity contribution in [2.45, 2.75) is 77.6 Å². The molecule has 0 aromatic carbocycles. The van der Waals surface area contributed by atoms with Crippen LogP contribution in [0, 0.1) is 0 Å². The summed E-state index contributed by atoms with van der Waals surface area (Å²) >= 11 is 0. The molecule has 0 amide bonds. The molecule has 1 heterocycles. The van der Waals surface area contributed by atoms with Gasteiger partial charge in [-0.15, -0.1) is 0 Å². The monoisotopic (exact) mass is 340 g/mol. The van der Waals surface area contributed by atoms with Crippen LogP contribution in [0.5, 0.6) is 0 Å². The van der Waals surface area contributed by atoms with Crippen molar-refractivity contribution in [2.75, 3.05) is 32.8 Å². The summed E-state index contributed by atoms with van der Waals surface area (Å²) in [4.78, 5) is 15.6. The van der Waals surface area contributed by atoms with E-state index in [1.807, 2.05) is 0 Å². The summed E-state index contributed by atoms with van der Waals surface area (Å²) in [7, 11) is 0. The fourth-order valence-corrected chi connectivity index (χ4v) is 3.67. The second-order valence-electron chi connectivity index (χ2n) is 7.08. The summed E-state index contributed by atoms with van der Waals surface area (Å²) in [5.41, 5.74) is 0. The maximum atomic E-state index is 11.1. The van der Waals surface area contributed by atoms with E-state index in [-0.39, 0.29) is 13.2 Å². The van der Waals surface area contributed by atoms with Gasteiger partial charge in [0.1, 0.15) is 19.6 Å². The number of hydrogen-bond acceptors (Lipinski definition) is 4. The molecule has 0 aromatic heterocycles. The Kier molecular flexibility index (Phi) is 10.9. The minimum absolute atomic E-state index is 0.00959. The number of amidine groups is 1. The molecule has 5 heteroatoms. The number of hydrogen-bond donors (Lipinski definition) is 1. The van der Waals surface area contributed by atoms with Crippen LogP contribution in [0.4, 0.5) is 0 Å². The second-order valence-corrected chi connectivity index (χ2v) is 7.08. The second kappa shape index (κ2) is 12.4. The normalized spacial score (nSPS) is 20.3. The predicted molar refractivity (Wildman–Crippen MR) is 95.7 cm³/mol. The van der Waals surface area contributed by atoms with Crippen LogP contribution in [0.1, 0.15) is 77.6 Å². The number of nitrogens with zero attached hydrogens (tertiary/aromatic N) is 2. The third-order valence-electron chi connectivity index (χ3n) is 5.08. The van der Waals surface area contributed by atoms with Gasteiger partial charge in [-0.1, -0.05) is 64.7 Å². The molecule has 140 valence electrons. The van der Waals surface area contributed by atoms with E-state index in [9.17, 15) is 15.0 Å². The molecule has 0 aromatic rings. The number of carboxylic acids is 1. The lowest BCUT2D eigenvalue weighted by Crippen LogP contribution is -2.57. The first-order valence-electron chi connectivity index (χ1n) is 9.85. The Hall–Kier alpha value is -0.940. The van der Waals surface area contributed by atoms with Gasteiger partial charge in [-0.05, 0) is 6.42 Å². The molecule has 1 aliphatic heterocycles. The van der Waals surface area contributed by atoms with Crippen LogP contribution in [-0.4, -0.2) is 54.2 Å². The molecule has 0 saturated carbocycles. The smallest absolute Gasteiger partial charge is 0.198 e. The van der Waals surface area contributed by atoms with Crippen molar-refractivity contribution in [3.05, 3.63) is 0 Å². The summed E-state index contributed by atoms with van der Waals surface area (Å²) in [6.07, 6.45) is 13.7. The van der Waals surface area contributed by atoms with Crippen LogP contribution in [-0.2, 0) is 4.79 Å². The number of aliphatic carboxylic acids is 1. The Balaban J connectivity index is 2.18. The molecule has 0 saturated heterocycles. The van der Waals surface area contributed by atoms with E-state index in [1.165, 1.54) is 57.8 Å². The van der Waals surface area contributed by atoms with Gasteiger partial charge in [-0.2, -0.15) is 0 Å². The molecule has 24 heavy (non-hydrogen) atoms. The minimum atomic E-state index is -1.05. The standard InChI is InChI=1S/C19H36N2O3/c1-2-3-4-5-6-7-8-9-10-11-12-18-20-13-14-21(18,15-16-22)17-19(23)24/h22H,2-17H2,1H3. The van der Waals surface area contributed by atoms with E-state index >= 15 is 0 Å². The molecule has 1 unspecified atom stereocenters. The van der Waals surface area contributed by atoms with E-state index in [1.54, 1.807) is 0 Å². The highest BCUT2D eigenvalue weighted by Crippen LogP contribution is 2.20. The van der Waals surface area contributed by atoms with Crippen molar-refractivity contribution in [2.24, 2.45) is 4.99 Å². The van der Waals surface area contributed by atoms with Crippen LogP contribution >= 0.6 is 0 Å². The topological polar surface area (TPSA) is 72.7 Å². The zero-order chi connectivity index (χ0) is 17.7. The van der Waals surface area contributed by atoms with Gasteiger partial charge in [0.25, 0.3) is 0 Å². The number of aliphatic imine (C=N–C) groups is 1. The lowest BCUT2D eigenvalue weighted by Gasteiger charge is -2.34. The van der Waals surface area contributed by atoms with Gasteiger partial charge in [0.05, 0.1) is 19.1 Å². The predicted octanol–water partition coefficient (Wildman–Crippen LogP) is 2.27. The SMILES string of the molecule is CCCCCCCCCCCCC1=NCC[N+]1(CCO)CC(=O)[O-]. The number of carboxylic acid groups (broad SMARTS) is 1. The molecule has 0 radical (unpaired) electrons. The number of quaternary nitrogens is 1. The van der Waals surface area contributed by atoms with Crippen molar-refractivity contribution in [3.8, 4) is 0 Å². The van der Waals surface area contributed by atoms with Crippen molar-refractivity contribution >= 4 is 11.8 Å². The average Bonchev–Trinajstić information content (AvgIpc) is 2.91. The van der Waals surface area contributed by atoms with Gasteiger partial charge in [-0.3, -0.25) is 4.48 Å². The molecule has 0 bridgehead atoms. The van der Waals surface area contributed by atoms with Crippen molar-refractivity contribution in [1.82, 2.24) is 0 Å². The Bertz CT molecular complexity index is 385. The number of aliphatic hydroxyl groups is 1. The summed E-state index contributed by atoms with van der Waals surface area (Å²) < 4.78 is 0.302. The first kappa shape index (κ1) is 21.1. The number of unbranched alkanes of at least 4 members (excludes halogenated alkanes) is 9. The first-order chi connectivity index (χ1) is 11.6. The molecule has 1 atom stereocenters. The summed E-state index contributed by atoms with van der Waals surface area (Å²) in [6.45, 7) is 3.96. The Labute approximate surface area is 147 Å². The molecule has 5 nitrogen and oxygen atoms in total. The molecule has 0 spiro atoms. The highest BCUT2D eigenvalue weighted by Gasteiger charge is 2.37. The van der Waals surface area contributed by atoms with Crippen molar-refractivity contribution in [1.29, 1.82) is 0 Å². The lowest BCUT2D eigenvalue weighted by atomic mass is 10.1. The zero-order valence-corrected chi connectivity index (χ0v) is 15.5. The summed E-state index contributed by atoms with van der Waals surface area (Å²) in [6, 6.07) is 0. The minimum Gasteiger partial charge on any atom is -0.544 e. The van der Waals surface area contributed by atoms with Gasteiger partial charge >= 0.3 is 0 Å². The molecule has 0 fully saturated rings. The average molecular weight is 341 g/mol. The quantitative estimate of drug-likeness (QED) is 0.367. The maximum Gasteiger partial charge on any atom is 0.198 e. The first-order valence-corrected chi connectivity index (χ1v) is 9.85. The van der Waals surface area contributed by atoms with Gasteiger partial charge < -0.3 is 15.0 Å². The van der Waals surface area contributed by atoms with E-state index in [0.717, 1.165) is 18.7 Å². The molecule has 1 N–H and O–H groups in total. The van der Waals surface area contributed by atoms with E-state index in [4.69, 9.17) is 0 Å². The zero-order valence-electron chi connectivity index (χ0n) is 15.5. The number of carbonyl (C=O) groups excluding carboxylic acids is 1. The van der Waals surface area contributed by atoms with Crippen LogP contribution in [0.25, 0.3) is 0 Å². The van der Waals surface area contributed by atoms with Gasteiger partial charge in [0.15, 0.2) is 5.84 Å². The van der Waals surface area contributed by atoms with Gasteiger partial charge in [-0.25, -0.2) is 4.99 Å². The summed E-state index contributed by atoms with van der Waals surface area (Å²) in [5, 5.41) is 20.3. The molecular formula is C19H36N2O3. The highest BCUT2D eigenvalue weighted by molar-refractivity contribution is 5.79. The maximum absolute atomic E-state index is 11.1. The highest BCUT2D eigenvalue weighted by atomic mass is 16.4. The van der Waals surface area contributed by atoms with Crippen molar-refractivity contribution in [3.63, 3.8) is 0 Å². The fraction of sp³-hybridized carbons (Fsp3) is 0.895. The van der Waals surface area contributed by atoms with Crippen LogP contribution < -0.4 is 5.11 Å². The Morgan fingerprint density at radius 1 is 1.08 bits per heavy atom. The molecule has 1 aliphatic rings. The molecular weight excluding hydrogens is 304 g/mol. The lowest BCUT2D eigenvalue weighted by molar-refractivity contribution is -0.831. The van der Waals surface area contributed by atoms with Crippen LogP contribution in [0.3, 0.4) is 0 Å². The number of rotatable bonds is 15.